The first-order valence-electron chi connectivity index (χ1n) is 7.77. The molecule has 0 N–H and O–H groups in total. The van der Waals surface area contributed by atoms with Gasteiger partial charge in [0.1, 0.15) is 0 Å². The number of nitro benzene ring substituents is 1. The minimum atomic E-state index is -1.45. The van der Waals surface area contributed by atoms with E-state index in [1.165, 1.54) is 13.2 Å². The van der Waals surface area contributed by atoms with Crippen molar-refractivity contribution in [2.45, 2.75) is 18.4 Å². The molecule has 134 valence electrons. The molecule has 2 aromatic rings. The molecule has 2 aromatic carbocycles. The molecule has 26 heavy (non-hydrogen) atoms. The van der Waals surface area contributed by atoms with Crippen LogP contribution in [0.1, 0.15) is 17.5 Å². The second-order valence-electron chi connectivity index (χ2n) is 5.86. The molecule has 8 heteroatoms. The van der Waals surface area contributed by atoms with Crippen molar-refractivity contribution in [2.75, 3.05) is 7.11 Å². The second-order valence-corrected chi connectivity index (χ2v) is 6.30. The molecule has 1 aliphatic heterocycles. The second kappa shape index (κ2) is 7.13. The number of nitrogens with zero attached hydrogens (tertiary/aromatic N) is 2. The molecule has 0 saturated carbocycles. The van der Waals surface area contributed by atoms with E-state index in [2.05, 4.69) is 5.16 Å². The highest BCUT2D eigenvalue weighted by Gasteiger charge is 2.49. The molecule has 1 aliphatic rings. The third-order valence-corrected chi connectivity index (χ3v) is 4.43. The Morgan fingerprint density at radius 2 is 2.00 bits per heavy atom. The van der Waals surface area contributed by atoms with Gasteiger partial charge in [0.2, 0.25) is 5.60 Å². The number of hydrogen-bond donors (Lipinski definition) is 0. The van der Waals surface area contributed by atoms with Crippen LogP contribution in [0.2, 0.25) is 5.02 Å². The van der Waals surface area contributed by atoms with Crippen molar-refractivity contribution in [1.29, 1.82) is 0 Å². The number of para-hydroxylation sites is 1. The molecule has 1 unspecified atom stereocenters. The Bertz CT molecular complexity index is 881. The van der Waals surface area contributed by atoms with Gasteiger partial charge >= 0.3 is 5.97 Å². The Morgan fingerprint density at radius 1 is 1.31 bits per heavy atom. The predicted molar refractivity (Wildman–Crippen MR) is 95.2 cm³/mol. The maximum atomic E-state index is 12.4. The van der Waals surface area contributed by atoms with Crippen LogP contribution in [0.4, 0.5) is 5.69 Å². The summed E-state index contributed by atoms with van der Waals surface area (Å²) >= 11 is 5.89. The van der Waals surface area contributed by atoms with Gasteiger partial charge in [-0.3, -0.25) is 10.1 Å². The third kappa shape index (κ3) is 3.39. The molecule has 0 amide bonds. The lowest BCUT2D eigenvalue weighted by Gasteiger charge is -2.23. The van der Waals surface area contributed by atoms with Crippen molar-refractivity contribution in [1.82, 2.24) is 0 Å². The maximum Gasteiger partial charge on any atom is 0.353 e. The number of hydrogen-bond acceptors (Lipinski definition) is 6. The fourth-order valence-corrected chi connectivity index (χ4v) is 3.01. The maximum absolute atomic E-state index is 12.4. The molecular weight excluding hydrogens is 360 g/mol. The van der Waals surface area contributed by atoms with Crippen LogP contribution >= 0.6 is 11.6 Å². The van der Waals surface area contributed by atoms with Gasteiger partial charge in [-0.15, -0.1) is 0 Å². The Morgan fingerprint density at radius 3 is 2.65 bits per heavy atom. The summed E-state index contributed by atoms with van der Waals surface area (Å²) in [6, 6.07) is 13.2. The molecule has 1 heterocycles. The summed E-state index contributed by atoms with van der Waals surface area (Å²) in [6.45, 7) is 0. The van der Waals surface area contributed by atoms with Crippen molar-refractivity contribution in [3.63, 3.8) is 0 Å². The van der Waals surface area contributed by atoms with Gasteiger partial charge in [0, 0.05) is 29.5 Å². The van der Waals surface area contributed by atoms with Crippen LogP contribution in [0.5, 0.6) is 0 Å². The number of esters is 1. The lowest BCUT2D eigenvalue weighted by atomic mass is 9.87. The first-order chi connectivity index (χ1) is 12.4. The van der Waals surface area contributed by atoms with E-state index in [-0.39, 0.29) is 18.5 Å². The van der Waals surface area contributed by atoms with Gasteiger partial charge < -0.3 is 9.57 Å². The number of carbonyl (C=O) groups is 1. The minimum Gasteiger partial charge on any atom is -0.466 e. The highest BCUT2D eigenvalue weighted by atomic mass is 35.5. The summed E-state index contributed by atoms with van der Waals surface area (Å²) in [7, 11) is 1.24. The van der Waals surface area contributed by atoms with E-state index in [4.69, 9.17) is 21.2 Å². The molecule has 0 fully saturated rings. The van der Waals surface area contributed by atoms with E-state index in [0.29, 0.717) is 16.3 Å². The minimum absolute atomic E-state index is 0.0303. The van der Waals surface area contributed by atoms with Crippen LogP contribution in [0.15, 0.2) is 53.7 Å². The highest BCUT2D eigenvalue weighted by molar-refractivity contribution is 6.30. The Labute approximate surface area is 154 Å². The highest BCUT2D eigenvalue weighted by Crippen LogP contribution is 2.34. The smallest absolute Gasteiger partial charge is 0.353 e. The lowest BCUT2D eigenvalue weighted by Crippen LogP contribution is -2.42. The van der Waals surface area contributed by atoms with E-state index in [9.17, 15) is 14.9 Å². The lowest BCUT2D eigenvalue weighted by molar-refractivity contribution is -0.385. The van der Waals surface area contributed by atoms with Crippen LogP contribution in [0.25, 0.3) is 0 Å². The Hall–Kier alpha value is -2.93. The van der Waals surface area contributed by atoms with Gasteiger partial charge in [-0.2, -0.15) is 0 Å². The fraction of sp³-hybridized carbons (Fsp3) is 0.222. The van der Waals surface area contributed by atoms with Crippen LogP contribution in [0, 0.1) is 10.1 Å². The molecule has 1 atom stereocenters. The van der Waals surface area contributed by atoms with E-state index < -0.39 is 16.5 Å². The van der Waals surface area contributed by atoms with Crippen LogP contribution in [0.3, 0.4) is 0 Å². The number of halogens is 1. The first-order valence-corrected chi connectivity index (χ1v) is 8.15. The molecule has 0 spiro atoms. The predicted octanol–water partition coefficient (Wildman–Crippen LogP) is 3.53. The Balaban J connectivity index is 1.92. The monoisotopic (exact) mass is 374 g/mol. The summed E-state index contributed by atoms with van der Waals surface area (Å²) in [5.41, 5.74) is 0.138. The molecule has 0 saturated heterocycles. The molecule has 0 bridgehead atoms. The van der Waals surface area contributed by atoms with E-state index in [1.54, 1.807) is 42.5 Å². The van der Waals surface area contributed by atoms with E-state index in [0.717, 1.165) is 5.56 Å². The third-order valence-electron chi connectivity index (χ3n) is 4.18. The molecule has 0 radical (unpaired) electrons. The number of ether oxygens (including phenoxy) is 1. The average molecular weight is 375 g/mol. The summed E-state index contributed by atoms with van der Waals surface area (Å²) in [6.07, 6.45) is 0.102. The number of rotatable bonds is 5. The summed E-state index contributed by atoms with van der Waals surface area (Å²) in [5, 5.41) is 15.9. The largest absolute Gasteiger partial charge is 0.466 e. The van der Waals surface area contributed by atoms with Gasteiger partial charge in [-0.1, -0.05) is 47.1 Å². The average Bonchev–Trinajstić information content (AvgIpc) is 3.07. The van der Waals surface area contributed by atoms with Gasteiger partial charge in [0.05, 0.1) is 17.7 Å². The van der Waals surface area contributed by atoms with Crippen LogP contribution < -0.4 is 0 Å². The summed E-state index contributed by atoms with van der Waals surface area (Å²) in [5.74, 6) is -0.636. The molecule has 3 rings (SSSR count). The summed E-state index contributed by atoms with van der Waals surface area (Å²) in [4.78, 5) is 28.7. The zero-order chi connectivity index (χ0) is 18.7. The topological polar surface area (TPSA) is 91.0 Å². The van der Waals surface area contributed by atoms with Crippen LogP contribution in [-0.2, 0) is 20.8 Å². The Kier molecular flexibility index (Phi) is 4.90. The first kappa shape index (κ1) is 17.9. The van der Waals surface area contributed by atoms with Crippen molar-refractivity contribution >= 4 is 29.0 Å². The van der Waals surface area contributed by atoms with Gasteiger partial charge in [0.15, 0.2) is 0 Å². The van der Waals surface area contributed by atoms with Crippen LogP contribution in [-0.4, -0.2) is 29.3 Å². The normalized spacial score (nSPS) is 18.8. The van der Waals surface area contributed by atoms with E-state index >= 15 is 0 Å². The molecule has 7 nitrogen and oxygen atoms in total. The molecule has 0 aliphatic carbocycles. The SMILES string of the molecule is COC(=O)C1(Cc2ccccc2[N+](=O)[O-])CC(c2ccc(Cl)cc2)=NO1. The standard InChI is InChI=1S/C18H15ClN2O5/c1-25-17(22)18(10-13-4-2-3-5-16(13)21(23)24)11-15(20-26-18)12-6-8-14(19)9-7-12/h2-9H,10-11H2,1H3. The summed E-state index contributed by atoms with van der Waals surface area (Å²) < 4.78 is 4.89. The molecule has 0 aromatic heterocycles. The van der Waals surface area contributed by atoms with Crippen molar-refractivity contribution in [3.8, 4) is 0 Å². The quantitative estimate of drug-likeness (QED) is 0.453. The number of carbonyl (C=O) groups excluding carboxylic acids is 1. The zero-order valence-electron chi connectivity index (χ0n) is 13.8. The van der Waals surface area contributed by atoms with Gasteiger partial charge in [-0.25, -0.2) is 4.79 Å². The molecular formula is C18H15ClN2O5. The fourth-order valence-electron chi connectivity index (χ4n) is 2.88. The van der Waals surface area contributed by atoms with Crippen molar-refractivity contribution in [2.24, 2.45) is 5.16 Å². The van der Waals surface area contributed by atoms with Gasteiger partial charge in [-0.05, 0) is 17.7 Å². The number of methoxy groups -OCH3 is 1. The van der Waals surface area contributed by atoms with Crippen molar-refractivity contribution < 1.29 is 19.3 Å². The van der Waals surface area contributed by atoms with E-state index in [1.807, 2.05) is 0 Å². The zero-order valence-corrected chi connectivity index (χ0v) is 14.6. The number of nitro groups is 1. The number of benzene rings is 2. The number of oxime groups is 1. The van der Waals surface area contributed by atoms with Crippen molar-refractivity contribution in [3.05, 3.63) is 74.8 Å². The van der Waals surface area contributed by atoms with Gasteiger partial charge in [0.25, 0.3) is 5.69 Å².